The molecule has 0 saturated heterocycles. The van der Waals surface area contributed by atoms with Crippen molar-refractivity contribution in [2.75, 3.05) is 41.5 Å². The zero-order valence-corrected chi connectivity index (χ0v) is 28.1. The highest BCUT2D eigenvalue weighted by Gasteiger charge is 2.28. The predicted molar refractivity (Wildman–Crippen MR) is 189 cm³/mol. The van der Waals surface area contributed by atoms with Crippen LogP contribution in [-0.4, -0.2) is 43.7 Å². The molecule has 0 aromatic heterocycles. The molecule has 0 unspecified atom stereocenters. The second-order valence-corrected chi connectivity index (χ2v) is 12.3. The van der Waals surface area contributed by atoms with Gasteiger partial charge in [0.25, 0.3) is 11.8 Å². The third-order valence-corrected chi connectivity index (χ3v) is 7.93. The van der Waals surface area contributed by atoms with E-state index in [0.717, 1.165) is 13.8 Å². The summed E-state index contributed by atoms with van der Waals surface area (Å²) in [7, 11) is 0. The lowest BCUT2D eigenvalue weighted by Gasteiger charge is -2.21. The Hall–Kier alpha value is -4.29. The molecule has 0 atom stereocenters. The van der Waals surface area contributed by atoms with Crippen molar-refractivity contribution in [3.63, 3.8) is 0 Å². The van der Waals surface area contributed by atoms with Crippen molar-refractivity contribution >= 4 is 46.4 Å². The quantitative estimate of drug-likeness (QED) is 0.0201. The molecule has 0 aliphatic carbocycles. The number of alkyl halides is 4. The number of nitrogens with zero attached hydrogens (tertiary/aromatic N) is 1. The number of unbranched alkanes of at least 4 members (excludes halogenated alkanes) is 1. The van der Waals surface area contributed by atoms with Crippen molar-refractivity contribution in [2.24, 2.45) is 33.7 Å². The van der Waals surface area contributed by atoms with Gasteiger partial charge in [0, 0.05) is 55.4 Å². The molecule has 0 spiro atoms. The summed E-state index contributed by atoms with van der Waals surface area (Å²) in [5, 5.41) is 11.9. The third kappa shape index (κ3) is 13.3. The van der Waals surface area contributed by atoms with E-state index in [1.165, 1.54) is 42.1 Å². The van der Waals surface area contributed by atoms with E-state index in [4.69, 9.17) is 33.4 Å². The molecule has 17 heteroatoms. The van der Waals surface area contributed by atoms with Crippen molar-refractivity contribution in [3.05, 3.63) is 65.7 Å². The maximum Gasteiger partial charge on any atom is 0.270 e. The van der Waals surface area contributed by atoms with E-state index in [9.17, 15) is 22.4 Å². The minimum absolute atomic E-state index is 0.104. The maximum absolute atomic E-state index is 14.6. The average molecular weight is 709 g/mol. The van der Waals surface area contributed by atoms with Crippen LogP contribution in [0.15, 0.2) is 64.5 Å². The second kappa shape index (κ2) is 17.9. The molecule has 0 heterocycles. The number of rotatable bonds is 19. The number of guanidine groups is 1. The van der Waals surface area contributed by atoms with E-state index in [1.807, 2.05) is 0 Å². The summed E-state index contributed by atoms with van der Waals surface area (Å²) >= 11 is 1.33. The van der Waals surface area contributed by atoms with Crippen molar-refractivity contribution in [3.8, 4) is 11.5 Å². The Kier molecular flexibility index (Phi) is 14.3. The molecule has 3 rings (SSSR count). The minimum atomic E-state index is -3.18. The highest BCUT2D eigenvalue weighted by atomic mass is 32.2. The standard InChI is InChI=1S/C32H44F4N10O2S/c1-31(33,34)19-13-22(45-30(40)41)17-24(14-19)48-23-8-6-21(7-9-23)43-18-44-25-15-20(32(2,35)36)16-26(28(25)49-12-10-37)46-27(47)5-3-4-11-42-29(38)39/h6-9,13-17,29,42-44H,3-5,10-12,18,37-39H2,1-2H3,(H,46,47)(H4,40,41,45). The largest absolute Gasteiger partial charge is 0.457 e. The summed E-state index contributed by atoms with van der Waals surface area (Å²) in [4.78, 5) is 17.2. The molecule has 1 amide bonds. The zero-order chi connectivity index (χ0) is 36.2. The maximum atomic E-state index is 14.6. The van der Waals surface area contributed by atoms with Crippen LogP contribution in [0.2, 0.25) is 0 Å². The molecule has 268 valence electrons. The summed E-state index contributed by atoms with van der Waals surface area (Å²) < 4.78 is 63.0. The number of hydrogen-bond donors (Lipinski definition) is 9. The first-order valence-corrected chi connectivity index (χ1v) is 16.4. The topological polar surface area (TPSA) is 217 Å². The molecule has 0 fully saturated rings. The van der Waals surface area contributed by atoms with E-state index in [2.05, 4.69) is 26.3 Å². The lowest BCUT2D eigenvalue weighted by Crippen LogP contribution is -2.45. The van der Waals surface area contributed by atoms with Gasteiger partial charge in [0.1, 0.15) is 17.8 Å². The SMILES string of the molecule is CC(F)(F)c1cc(N=C(N)N)cc(Oc2ccc(NCNc3cc(C(C)(F)F)cc(NC(=O)CCCCNC(N)N)c3SCCN)cc2)c1. The van der Waals surface area contributed by atoms with Gasteiger partial charge >= 0.3 is 0 Å². The fourth-order valence-corrected chi connectivity index (χ4v) is 5.32. The number of aliphatic imine (C=N–C) groups is 1. The van der Waals surface area contributed by atoms with Gasteiger partial charge in [0.15, 0.2) is 5.96 Å². The monoisotopic (exact) mass is 708 g/mol. The molecule has 0 aliphatic rings. The first kappa shape index (κ1) is 39.2. The van der Waals surface area contributed by atoms with Gasteiger partial charge in [-0.3, -0.25) is 10.1 Å². The van der Waals surface area contributed by atoms with Gasteiger partial charge in [-0.15, -0.1) is 11.8 Å². The summed E-state index contributed by atoms with van der Waals surface area (Å²) in [5.41, 5.74) is 28.3. The van der Waals surface area contributed by atoms with Crippen LogP contribution in [-0.2, 0) is 16.6 Å². The third-order valence-electron chi connectivity index (χ3n) is 6.76. The van der Waals surface area contributed by atoms with Crippen LogP contribution in [0.5, 0.6) is 11.5 Å². The highest BCUT2D eigenvalue weighted by molar-refractivity contribution is 7.99. The molecule has 0 bridgehead atoms. The summed E-state index contributed by atoms with van der Waals surface area (Å²) in [6.45, 7) is 2.52. The summed E-state index contributed by atoms with van der Waals surface area (Å²) in [5.74, 6) is -6.02. The van der Waals surface area contributed by atoms with E-state index in [1.54, 1.807) is 24.3 Å². The number of ether oxygens (including phenoxy) is 1. The molecule has 14 N–H and O–H groups in total. The number of amides is 1. The first-order valence-electron chi connectivity index (χ1n) is 15.4. The normalized spacial score (nSPS) is 11.7. The van der Waals surface area contributed by atoms with Crippen LogP contribution in [0.25, 0.3) is 0 Å². The average Bonchev–Trinajstić information content (AvgIpc) is 2.99. The van der Waals surface area contributed by atoms with Gasteiger partial charge in [-0.1, -0.05) is 0 Å². The number of halogens is 4. The fraction of sp³-hybridized carbons (Fsp3) is 0.375. The van der Waals surface area contributed by atoms with Gasteiger partial charge < -0.3 is 49.4 Å². The second-order valence-electron chi connectivity index (χ2n) is 11.2. The zero-order valence-electron chi connectivity index (χ0n) is 27.3. The molecule has 0 radical (unpaired) electrons. The number of hydrogen-bond acceptors (Lipinski definition) is 10. The lowest BCUT2D eigenvalue weighted by molar-refractivity contribution is -0.116. The molecule has 12 nitrogen and oxygen atoms in total. The number of anilines is 3. The molecule has 0 aliphatic heterocycles. The Balaban J connectivity index is 1.74. The summed E-state index contributed by atoms with van der Waals surface area (Å²) in [6, 6.07) is 13.0. The van der Waals surface area contributed by atoms with E-state index in [-0.39, 0.29) is 53.2 Å². The Morgan fingerprint density at radius 1 is 0.898 bits per heavy atom. The van der Waals surface area contributed by atoms with Crippen molar-refractivity contribution in [1.29, 1.82) is 0 Å². The van der Waals surface area contributed by atoms with E-state index >= 15 is 0 Å². The Labute approximate surface area is 287 Å². The number of nitrogens with one attached hydrogen (secondary N) is 4. The number of benzene rings is 3. The smallest absolute Gasteiger partial charge is 0.270 e. The van der Waals surface area contributed by atoms with Gasteiger partial charge in [-0.2, -0.15) is 0 Å². The van der Waals surface area contributed by atoms with Crippen molar-refractivity contribution < 1.29 is 27.1 Å². The van der Waals surface area contributed by atoms with Gasteiger partial charge in [-0.05, 0) is 67.9 Å². The van der Waals surface area contributed by atoms with Gasteiger partial charge in [0.2, 0.25) is 5.91 Å². The Bertz CT molecular complexity index is 1560. The number of carbonyl (C=O) groups excluding carboxylic acids is 1. The summed E-state index contributed by atoms with van der Waals surface area (Å²) in [6.07, 6.45) is 0.717. The van der Waals surface area contributed by atoms with E-state index in [0.29, 0.717) is 53.7 Å². The molecule has 0 saturated carbocycles. The van der Waals surface area contributed by atoms with Crippen molar-refractivity contribution in [2.45, 2.75) is 56.1 Å². The highest BCUT2D eigenvalue weighted by Crippen LogP contribution is 2.40. The molecule has 3 aromatic carbocycles. The van der Waals surface area contributed by atoms with Crippen LogP contribution in [0.3, 0.4) is 0 Å². The van der Waals surface area contributed by atoms with Crippen LogP contribution < -0.4 is 54.7 Å². The number of carbonyl (C=O) groups is 1. The first-order chi connectivity index (χ1) is 23.0. The fourth-order valence-electron chi connectivity index (χ4n) is 4.44. The molecular weight excluding hydrogens is 664 g/mol. The predicted octanol–water partition coefficient (Wildman–Crippen LogP) is 5.04. The van der Waals surface area contributed by atoms with Crippen LogP contribution in [0.1, 0.15) is 44.2 Å². The molecule has 49 heavy (non-hydrogen) atoms. The molecular formula is C32H44F4N10O2S. The lowest BCUT2D eigenvalue weighted by atomic mass is 10.1. The van der Waals surface area contributed by atoms with Gasteiger partial charge in [0.05, 0.1) is 28.6 Å². The molecule has 3 aromatic rings. The Morgan fingerprint density at radius 3 is 2.16 bits per heavy atom. The van der Waals surface area contributed by atoms with Crippen LogP contribution >= 0.6 is 11.8 Å². The van der Waals surface area contributed by atoms with Crippen molar-refractivity contribution in [1.82, 2.24) is 5.32 Å². The van der Waals surface area contributed by atoms with Crippen LogP contribution in [0, 0.1) is 0 Å². The number of thioether (sulfide) groups is 1. The van der Waals surface area contributed by atoms with E-state index < -0.39 is 18.1 Å². The minimum Gasteiger partial charge on any atom is -0.457 e. The van der Waals surface area contributed by atoms with Crippen LogP contribution in [0.4, 0.5) is 40.3 Å². The Morgan fingerprint density at radius 2 is 1.55 bits per heavy atom. The van der Waals surface area contributed by atoms with Gasteiger partial charge in [-0.25, -0.2) is 22.6 Å². The number of nitrogens with two attached hydrogens (primary N) is 5.